The van der Waals surface area contributed by atoms with E-state index in [1.165, 1.54) is 10.4 Å². The summed E-state index contributed by atoms with van der Waals surface area (Å²) in [5.41, 5.74) is 0. The Morgan fingerprint density at radius 2 is 1.27 bits per heavy atom. The molecular weight excluding hydrogens is 290 g/mol. The van der Waals surface area contributed by atoms with Crippen LogP contribution in [0.4, 0.5) is 0 Å². The third kappa shape index (κ3) is 3.30. The summed E-state index contributed by atoms with van der Waals surface area (Å²) >= 11 is 0. The first-order chi connectivity index (χ1) is 10.5. The third-order valence-electron chi connectivity index (χ3n) is 3.94. The summed E-state index contributed by atoms with van der Waals surface area (Å²) in [6.45, 7) is 7.64. The first kappa shape index (κ1) is 16.9. The van der Waals surface area contributed by atoms with Gasteiger partial charge in [0.15, 0.2) is 0 Å². The van der Waals surface area contributed by atoms with Crippen molar-refractivity contribution in [3.8, 4) is 0 Å². The highest BCUT2D eigenvalue weighted by Gasteiger charge is 2.49. The molecule has 0 spiro atoms. The van der Waals surface area contributed by atoms with Gasteiger partial charge in [0, 0.05) is 0 Å². The van der Waals surface area contributed by atoms with Crippen molar-refractivity contribution in [2.24, 2.45) is 5.90 Å². The van der Waals surface area contributed by atoms with Crippen LogP contribution in [0.3, 0.4) is 0 Å². The van der Waals surface area contributed by atoms with E-state index in [1.807, 2.05) is 12.1 Å². The van der Waals surface area contributed by atoms with Crippen LogP contribution in [0, 0.1) is 0 Å². The van der Waals surface area contributed by atoms with Crippen LogP contribution in [-0.2, 0) is 9.26 Å². The Morgan fingerprint density at radius 1 is 0.818 bits per heavy atom. The smallest absolute Gasteiger partial charge is 0.261 e. The zero-order valence-corrected chi connectivity index (χ0v) is 14.6. The van der Waals surface area contributed by atoms with Crippen LogP contribution in [-0.4, -0.2) is 21.5 Å². The van der Waals surface area contributed by atoms with E-state index in [9.17, 15) is 0 Å². The van der Waals surface area contributed by atoms with E-state index < -0.39 is 8.32 Å². The minimum atomic E-state index is -2.42. The summed E-state index contributed by atoms with van der Waals surface area (Å²) in [6, 6.07) is 21.1. The molecule has 22 heavy (non-hydrogen) atoms. The predicted molar refractivity (Wildman–Crippen MR) is 93.7 cm³/mol. The molecule has 2 N–H and O–H groups in total. The Balaban J connectivity index is 2.59. The molecule has 0 aromatic heterocycles. The number of hydrogen-bond donors (Lipinski definition) is 1. The van der Waals surface area contributed by atoms with Crippen molar-refractivity contribution in [2.75, 3.05) is 13.2 Å². The van der Waals surface area contributed by atoms with Gasteiger partial charge < -0.3 is 9.26 Å². The molecule has 0 heterocycles. The third-order valence-corrected chi connectivity index (χ3v) is 8.98. The van der Waals surface area contributed by atoms with Gasteiger partial charge in [-0.05, 0) is 15.4 Å². The number of rotatable bonds is 6. The molecule has 118 valence electrons. The van der Waals surface area contributed by atoms with Crippen LogP contribution < -0.4 is 16.3 Å². The summed E-state index contributed by atoms with van der Waals surface area (Å²) in [5.74, 6) is 5.18. The molecule has 0 unspecified atom stereocenters. The van der Waals surface area contributed by atoms with Crippen LogP contribution in [0.25, 0.3) is 0 Å². The lowest BCUT2D eigenvalue weighted by Crippen LogP contribution is -2.66. The lowest BCUT2D eigenvalue weighted by atomic mass is 10.2. The van der Waals surface area contributed by atoms with Crippen molar-refractivity contribution in [2.45, 2.75) is 25.8 Å². The van der Waals surface area contributed by atoms with Crippen molar-refractivity contribution >= 4 is 18.7 Å². The van der Waals surface area contributed by atoms with Crippen molar-refractivity contribution < 1.29 is 9.26 Å². The van der Waals surface area contributed by atoms with Crippen molar-refractivity contribution in [1.29, 1.82) is 0 Å². The van der Waals surface area contributed by atoms with Gasteiger partial charge in [-0.1, -0.05) is 81.4 Å². The normalized spacial score (nSPS) is 12.4. The number of benzene rings is 2. The zero-order chi connectivity index (χ0) is 16.1. The first-order valence-electron chi connectivity index (χ1n) is 7.59. The van der Waals surface area contributed by atoms with E-state index in [0.29, 0.717) is 13.2 Å². The molecule has 0 aliphatic heterocycles. The second-order valence-electron chi connectivity index (χ2n) is 6.38. The highest BCUT2D eigenvalue weighted by molar-refractivity contribution is 6.99. The van der Waals surface area contributed by atoms with Gasteiger partial charge in [-0.2, -0.15) is 0 Å². The van der Waals surface area contributed by atoms with E-state index in [1.54, 1.807) is 0 Å². The molecule has 0 aliphatic carbocycles. The van der Waals surface area contributed by atoms with E-state index in [2.05, 4.69) is 69.3 Å². The minimum Gasteiger partial charge on any atom is -0.405 e. The van der Waals surface area contributed by atoms with Gasteiger partial charge in [0.1, 0.15) is 0 Å². The number of hydrogen-bond acceptors (Lipinski definition) is 3. The second-order valence-corrected chi connectivity index (χ2v) is 10.7. The molecule has 0 bridgehead atoms. The monoisotopic (exact) mass is 315 g/mol. The van der Waals surface area contributed by atoms with Gasteiger partial charge in [-0.25, -0.2) is 5.90 Å². The average molecular weight is 315 g/mol. The van der Waals surface area contributed by atoms with Gasteiger partial charge >= 0.3 is 0 Å². The topological polar surface area (TPSA) is 44.5 Å². The number of nitrogens with two attached hydrogens (primary N) is 1. The minimum absolute atomic E-state index is 0.00962. The predicted octanol–water partition coefficient (Wildman–Crippen LogP) is 2.45. The fraction of sp³-hybridized carbons (Fsp3) is 0.333. The van der Waals surface area contributed by atoms with Gasteiger partial charge in [-0.15, -0.1) is 0 Å². The van der Waals surface area contributed by atoms with Crippen LogP contribution in [0.2, 0.25) is 5.04 Å². The van der Waals surface area contributed by atoms with E-state index in [4.69, 9.17) is 15.2 Å². The van der Waals surface area contributed by atoms with Crippen molar-refractivity contribution in [3.05, 3.63) is 60.7 Å². The molecule has 0 saturated heterocycles. The average Bonchev–Trinajstić information content (AvgIpc) is 2.52. The van der Waals surface area contributed by atoms with Crippen LogP contribution >= 0.6 is 0 Å². The largest absolute Gasteiger partial charge is 0.405 e. The highest BCUT2D eigenvalue weighted by Crippen LogP contribution is 2.36. The second kappa shape index (κ2) is 7.20. The van der Waals surface area contributed by atoms with Gasteiger partial charge in [-0.3, -0.25) is 0 Å². The van der Waals surface area contributed by atoms with Crippen LogP contribution in [0.15, 0.2) is 60.7 Å². The Kier molecular flexibility index (Phi) is 5.53. The molecule has 0 saturated carbocycles. The summed E-state index contributed by atoms with van der Waals surface area (Å²) in [5, 5.41) is 2.53. The quantitative estimate of drug-likeness (QED) is 0.506. The van der Waals surface area contributed by atoms with E-state index >= 15 is 0 Å². The Hall–Kier alpha value is -1.46. The SMILES string of the molecule is CC(C)(C)[Si](OCCON)(c1ccccc1)c1ccccc1. The zero-order valence-electron chi connectivity index (χ0n) is 13.6. The summed E-state index contributed by atoms with van der Waals surface area (Å²) in [6.07, 6.45) is 0. The lowest BCUT2D eigenvalue weighted by molar-refractivity contribution is 0.0985. The molecule has 0 amide bonds. The van der Waals surface area contributed by atoms with Gasteiger partial charge in [0.05, 0.1) is 13.2 Å². The first-order valence-corrected chi connectivity index (χ1v) is 9.50. The maximum absolute atomic E-state index is 6.54. The van der Waals surface area contributed by atoms with Crippen molar-refractivity contribution in [3.63, 3.8) is 0 Å². The maximum atomic E-state index is 6.54. The highest BCUT2D eigenvalue weighted by atomic mass is 28.4. The summed E-state index contributed by atoms with van der Waals surface area (Å²) < 4.78 is 6.54. The van der Waals surface area contributed by atoms with Crippen LogP contribution in [0.1, 0.15) is 20.8 Å². The molecule has 2 aromatic rings. The molecule has 0 fully saturated rings. The molecule has 0 radical (unpaired) electrons. The summed E-state index contributed by atoms with van der Waals surface area (Å²) in [7, 11) is -2.42. The lowest BCUT2D eigenvalue weighted by Gasteiger charge is -2.43. The van der Waals surface area contributed by atoms with Gasteiger partial charge in [0.2, 0.25) is 0 Å². The molecule has 4 heteroatoms. The van der Waals surface area contributed by atoms with Crippen molar-refractivity contribution in [1.82, 2.24) is 0 Å². The standard InChI is InChI=1S/C18H25NO2Si/c1-18(2,3)22(21-15-14-20-19,16-10-6-4-7-11-16)17-12-8-5-9-13-17/h4-13H,14-15,19H2,1-3H3. The molecule has 0 aliphatic rings. The summed E-state index contributed by atoms with van der Waals surface area (Å²) in [4.78, 5) is 4.72. The Labute approximate surface area is 134 Å². The van der Waals surface area contributed by atoms with E-state index in [-0.39, 0.29) is 5.04 Å². The molecule has 2 aromatic carbocycles. The molecule has 0 atom stereocenters. The molecule has 2 rings (SSSR count). The fourth-order valence-electron chi connectivity index (χ4n) is 3.00. The Bertz CT molecular complexity index is 527. The molecule has 3 nitrogen and oxygen atoms in total. The maximum Gasteiger partial charge on any atom is 0.261 e. The van der Waals surface area contributed by atoms with E-state index in [0.717, 1.165) is 0 Å². The molecular formula is C18H25NO2Si. The van der Waals surface area contributed by atoms with Crippen LogP contribution in [0.5, 0.6) is 0 Å². The van der Waals surface area contributed by atoms with Gasteiger partial charge in [0.25, 0.3) is 8.32 Å². The Morgan fingerprint density at radius 3 is 1.64 bits per heavy atom. The fourth-order valence-corrected chi connectivity index (χ4v) is 7.55.